The number of aryl methyl sites for hydroxylation is 1. The minimum Gasteiger partial charge on any atom is -0.497 e. The van der Waals surface area contributed by atoms with Crippen molar-refractivity contribution in [2.45, 2.75) is 12.4 Å². The van der Waals surface area contributed by atoms with Gasteiger partial charge in [-0.25, -0.2) is 0 Å². The fraction of sp³-hybridized carbons (Fsp3) is 0.333. The number of hydrogen-bond acceptors (Lipinski definition) is 4. The molecule has 1 aromatic carbocycles. The number of rotatable bonds is 3. The lowest BCUT2D eigenvalue weighted by molar-refractivity contribution is -0.0500. The second-order valence-corrected chi connectivity index (χ2v) is 4.65. The molecule has 0 aliphatic heterocycles. The predicted molar refractivity (Wildman–Crippen MR) is 53.3 cm³/mol. The van der Waals surface area contributed by atoms with Gasteiger partial charge in [0.2, 0.25) is 0 Å². The Bertz CT molecular complexity index is 507. The highest BCUT2D eigenvalue weighted by Gasteiger charge is 2.48. The first-order chi connectivity index (χ1) is 7.67. The van der Waals surface area contributed by atoms with Crippen LogP contribution < -0.4 is 8.92 Å². The summed E-state index contributed by atoms with van der Waals surface area (Å²) in [5.74, 6) is 0.00221. The minimum absolute atomic E-state index is 0.220. The van der Waals surface area contributed by atoms with E-state index in [1.54, 1.807) is 0 Å². The molecule has 0 saturated carbocycles. The third-order valence-electron chi connectivity index (χ3n) is 1.87. The van der Waals surface area contributed by atoms with Crippen molar-refractivity contribution in [3.63, 3.8) is 0 Å². The zero-order chi connectivity index (χ0) is 13.3. The summed E-state index contributed by atoms with van der Waals surface area (Å²) < 4.78 is 66.5. The standard InChI is InChI=1S/C9H9F3O4S/c1-6-5-7(15-2)3-4-8(6)16-17(13,14)9(10,11)12/h3-5H,1-2H3. The van der Waals surface area contributed by atoms with Crippen molar-refractivity contribution in [2.75, 3.05) is 7.11 Å². The third-order valence-corrected chi connectivity index (χ3v) is 2.83. The lowest BCUT2D eigenvalue weighted by Gasteiger charge is -2.11. The maximum absolute atomic E-state index is 12.1. The van der Waals surface area contributed by atoms with Crippen LogP contribution in [-0.4, -0.2) is 21.0 Å². The Kier molecular flexibility index (Phi) is 3.56. The van der Waals surface area contributed by atoms with Gasteiger partial charge in [-0.05, 0) is 30.7 Å². The van der Waals surface area contributed by atoms with E-state index in [2.05, 4.69) is 4.18 Å². The first kappa shape index (κ1) is 13.6. The molecule has 0 aliphatic carbocycles. The van der Waals surface area contributed by atoms with Gasteiger partial charge in [-0.15, -0.1) is 0 Å². The van der Waals surface area contributed by atoms with Gasteiger partial charge < -0.3 is 8.92 Å². The van der Waals surface area contributed by atoms with Crippen molar-refractivity contribution in [3.8, 4) is 11.5 Å². The summed E-state index contributed by atoms with van der Waals surface area (Å²) in [7, 11) is -4.26. The molecule has 17 heavy (non-hydrogen) atoms. The molecule has 4 nitrogen and oxygen atoms in total. The molecule has 0 N–H and O–H groups in total. The smallest absolute Gasteiger partial charge is 0.497 e. The van der Waals surface area contributed by atoms with E-state index in [4.69, 9.17) is 4.74 Å². The molecule has 96 valence electrons. The molecule has 0 heterocycles. The Labute approximate surface area is 96.1 Å². The lowest BCUT2D eigenvalue weighted by atomic mass is 10.2. The average Bonchev–Trinajstić information content (AvgIpc) is 2.19. The fourth-order valence-corrected chi connectivity index (χ4v) is 1.53. The van der Waals surface area contributed by atoms with E-state index in [0.29, 0.717) is 5.75 Å². The first-order valence-electron chi connectivity index (χ1n) is 4.33. The van der Waals surface area contributed by atoms with Crippen LogP contribution in [0.25, 0.3) is 0 Å². The summed E-state index contributed by atoms with van der Waals surface area (Å²) in [6.45, 7) is 1.41. The zero-order valence-electron chi connectivity index (χ0n) is 8.91. The lowest BCUT2D eigenvalue weighted by Crippen LogP contribution is -2.28. The van der Waals surface area contributed by atoms with Crippen LogP contribution >= 0.6 is 0 Å². The van der Waals surface area contributed by atoms with Crippen LogP contribution in [0, 0.1) is 6.92 Å². The molecule has 0 amide bonds. The second-order valence-electron chi connectivity index (χ2n) is 3.11. The quantitative estimate of drug-likeness (QED) is 0.624. The monoisotopic (exact) mass is 270 g/mol. The molecule has 0 fully saturated rings. The van der Waals surface area contributed by atoms with Crippen LogP contribution in [-0.2, 0) is 10.1 Å². The number of methoxy groups -OCH3 is 1. The maximum Gasteiger partial charge on any atom is 0.534 e. The van der Waals surface area contributed by atoms with Gasteiger partial charge >= 0.3 is 15.6 Å². The number of hydrogen-bond donors (Lipinski definition) is 0. The van der Waals surface area contributed by atoms with Crippen LogP contribution in [0.1, 0.15) is 5.56 Å². The van der Waals surface area contributed by atoms with E-state index in [1.165, 1.54) is 26.2 Å². The number of ether oxygens (including phenoxy) is 1. The Morgan fingerprint density at radius 3 is 2.24 bits per heavy atom. The van der Waals surface area contributed by atoms with E-state index < -0.39 is 15.6 Å². The minimum atomic E-state index is -5.63. The topological polar surface area (TPSA) is 52.6 Å². The van der Waals surface area contributed by atoms with Crippen LogP contribution in [0.4, 0.5) is 13.2 Å². The molecule has 0 aliphatic rings. The molecule has 0 atom stereocenters. The molecular weight excluding hydrogens is 261 g/mol. The highest BCUT2D eigenvalue weighted by Crippen LogP contribution is 2.30. The van der Waals surface area contributed by atoms with Crippen LogP contribution in [0.15, 0.2) is 18.2 Å². The first-order valence-corrected chi connectivity index (χ1v) is 5.73. The van der Waals surface area contributed by atoms with Crippen molar-refractivity contribution in [2.24, 2.45) is 0 Å². The SMILES string of the molecule is COc1ccc(OS(=O)(=O)C(F)(F)F)c(C)c1. The van der Waals surface area contributed by atoms with Crippen LogP contribution in [0.3, 0.4) is 0 Å². The highest BCUT2D eigenvalue weighted by molar-refractivity contribution is 7.88. The van der Waals surface area contributed by atoms with Crippen LogP contribution in [0.2, 0.25) is 0 Å². The predicted octanol–water partition coefficient (Wildman–Crippen LogP) is 2.23. The van der Waals surface area contributed by atoms with E-state index in [-0.39, 0.29) is 11.3 Å². The Morgan fingerprint density at radius 2 is 1.82 bits per heavy atom. The van der Waals surface area contributed by atoms with Gasteiger partial charge in [0.1, 0.15) is 11.5 Å². The number of halogens is 3. The summed E-state index contributed by atoms with van der Waals surface area (Å²) >= 11 is 0. The molecule has 0 radical (unpaired) electrons. The van der Waals surface area contributed by atoms with Gasteiger partial charge in [-0.1, -0.05) is 0 Å². The normalized spacial score (nSPS) is 12.3. The highest BCUT2D eigenvalue weighted by atomic mass is 32.2. The Balaban J connectivity index is 3.05. The maximum atomic E-state index is 12.1. The summed E-state index contributed by atoms with van der Waals surface area (Å²) in [4.78, 5) is 0. The molecule has 0 saturated heterocycles. The van der Waals surface area contributed by atoms with Crippen LogP contribution in [0.5, 0.6) is 11.5 Å². The summed E-state index contributed by atoms with van der Waals surface area (Å²) in [5.41, 5.74) is -5.23. The van der Waals surface area contributed by atoms with E-state index in [0.717, 1.165) is 6.07 Å². The van der Waals surface area contributed by atoms with Gasteiger partial charge in [0, 0.05) is 0 Å². The van der Waals surface area contributed by atoms with E-state index in [1.807, 2.05) is 0 Å². The Morgan fingerprint density at radius 1 is 1.24 bits per heavy atom. The zero-order valence-corrected chi connectivity index (χ0v) is 9.72. The second kappa shape index (κ2) is 4.44. The summed E-state index contributed by atoms with van der Waals surface area (Å²) in [6.07, 6.45) is 0. The van der Waals surface area contributed by atoms with Gasteiger partial charge in [0.15, 0.2) is 0 Å². The third kappa shape index (κ3) is 3.02. The van der Waals surface area contributed by atoms with Gasteiger partial charge in [-0.2, -0.15) is 21.6 Å². The van der Waals surface area contributed by atoms with Crippen molar-refractivity contribution < 1.29 is 30.5 Å². The summed E-state index contributed by atoms with van der Waals surface area (Å²) in [6, 6.07) is 3.76. The Hall–Kier alpha value is -1.44. The van der Waals surface area contributed by atoms with Gasteiger partial charge in [-0.3, -0.25) is 0 Å². The molecule has 0 aromatic heterocycles. The van der Waals surface area contributed by atoms with Crippen molar-refractivity contribution in [1.29, 1.82) is 0 Å². The number of benzene rings is 1. The van der Waals surface area contributed by atoms with Crippen molar-refractivity contribution >= 4 is 10.1 Å². The molecule has 8 heteroatoms. The molecular formula is C9H9F3O4S. The molecule has 0 spiro atoms. The summed E-state index contributed by atoms with van der Waals surface area (Å²) in [5, 5.41) is 0. The van der Waals surface area contributed by atoms with E-state index >= 15 is 0 Å². The number of alkyl halides is 3. The van der Waals surface area contributed by atoms with Crippen molar-refractivity contribution in [1.82, 2.24) is 0 Å². The molecule has 0 unspecified atom stereocenters. The van der Waals surface area contributed by atoms with Crippen molar-refractivity contribution in [3.05, 3.63) is 23.8 Å². The molecule has 0 bridgehead atoms. The average molecular weight is 270 g/mol. The largest absolute Gasteiger partial charge is 0.534 e. The van der Waals surface area contributed by atoms with Gasteiger partial charge in [0.05, 0.1) is 7.11 Å². The molecule has 1 rings (SSSR count). The van der Waals surface area contributed by atoms with Gasteiger partial charge in [0.25, 0.3) is 0 Å². The fourth-order valence-electron chi connectivity index (χ4n) is 1.01. The van der Waals surface area contributed by atoms with E-state index in [9.17, 15) is 21.6 Å². The molecule has 1 aromatic rings.